The fraction of sp³-hybridized carbons (Fsp3) is 0.412. The third kappa shape index (κ3) is 4.82. The molecule has 3 rings (SSSR count). The molecular formula is C17H20ClN3O2S2. The van der Waals surface area contributed by atoms with Gasteiger partial charge in [0.1, 0.15) is 6.04 Å². The van der Waals surface area contributed by atoms with E-state index in [-0.39, 0.29) is 11.8 Å². The molecule has 0 radical (unpaired) electrons. The zero-order chi connectivity index (χ0) is 17.8. The molecule has 1 N–H and O–H groups in total. The molecule has 2 aromatic heterocycles. The minimum atomic E-state index is -0.516. The van der Waals surface area contributed by atoms with Crippen LogP contribution >= 0.6 is 34.3 Å². The molecule has 0 spiro atoms. The summed E-state index contributed by atoms with van der Waals surface area (Å²) >= 11 is 8.94. The monoisotopic (exact) mass is 397 g/mol. The van der Waals surface area contributed by atoms with Gasteiger partial charge in [0.25, 0.3) is 5.91 Å². The number of carbonyl (C=O) groups excluding carboxylic acids is 2. The van der Waals surface area contributed by atoms with Gasteiger partial charge in [-0.2, -0.15) is 0 Å². The van der Waals surface area contributed by atoms with Crippen LogP contribution in [0.2, 0.25) is 4.34 Å². The molecule has 1 saturated heterocycles. The van der Waals surface area contributed by atoms with Crippen LogP contribution in [0.15, 0.2) is 29.6 Å². The Labute approximate surface area is 160 Å². The summed E-state index contributed by atoms with van der Waals surface area (Å²) in [5.74, 6) is -0.215. The summed E-state index contributed by atoms with van der Waals surface area (Å²) in [6.07, 6.45) is 0. The lowest BCUT2D eigenvalue weighted by atomic mass is 10.2. The Kier molecular flexibility index (Phi) is 6.11. The third-order valence-electron chi connectivity index (χ3n) is 4.16. The number of nitrogens with zero attached hydrogens (tertiary/aromatic N) is 2. The quantitative estimate of drug-likeness (QED) is 0.843. The first-order valence-electron chi connectivity index (χ1n) is 8.12. The van der Waals surface area contributed by atoms with Crippen molar-refractivity contribution in [2.45, 2.75) is 19.5 Å². The van der Waals surface area contributed by atoms with Crippen LogP contribution in [0.5, 0.6) is 0 Å². The summed E-state index contributed by atoms with van der Waals surface area (Å²) < 4.78 is 0.805. The van der Waals surface area contributed by atoms with E-state index in [0.29, 0.717) is 18.0 Å². The molecule has 25 heavy (non-hydrogen) atoms. The highest BCUT2D eigenvalue weighted by molar-refractivity contribution is 7.16. The third-order valence-corrected chi connectivity index (χ3v) is 6.24. The maximum Gasteiger partial charge on any atom is 0.261 e. The number of piperazine rings is 1. The van der Waals surface area contributed by atoms with Gasteiger partial charge >= 0.3 is 0 Å². The average molecular weight is 398 g/mol. The Morgan fingerprint density at radius 1 is 1.24 bits per heavy atom. The summed E-state index contributed by atoms with van der Waals surface area (Å²) in [5.41, 5.74) is 0. The van der Waals surface area contributed by atoms with Crippen LogP contribution in [0.3, 0.4) is 0 Å². The maximum absolute atomic E-state index is 12.6. The van der Waals surface area contributed by atoms with Gasteiger partial charge in [0, 0.05) is 37.6 Å². The fourth-order valence-electron chi connectivity index (χ4n) is 2.79. The van der Waals surface area contributed by atoms with Gasteiger partial charge in [0.05, 0.1) is 9.21 Å². The van der Waals surface area contributed by atoms with Gasteiger partial charge < -0.3 is 10.2 Å². The van der Waals surface area contributed by atoms with Gasteiger partial charge in [-0.15, -0.1) is 22.7 Å². The second kappa shape index (κ2) is 8.31. The lowest BCUT2D eigenvalue weighted by Crippen LogP contribution is -2.53. The highest BCUT2D eigenvalue weighted by Gasteiger charge is 2.26. The topological polar surface area (TPSA) is 52.7 Å². The standard InChI is InChI=1S/C17H20ClN3O2S2/c1-12(19-16(22)14-3-2-10-24-14)17(23)21-8-6-20(7-9-21)11-13-4-5-15(18)25-13/h2-5,10,12H,6-9,11H2,1H3,(H,19,22). The fourth-order valence-corrected chi connectivity index (χ4v) is 4.55. The Bertz CT molecular complexity index is 724. The minimum Gasteiger partial charge on any atom is -0.340 e. The maximum atomic E-state index is 12.6. The van der Waals surface area contributed by atoms with Crippen LogP contribution in [-0.4, -0.2) is 53.8 Å². The Morgan fingerprint density at radius 2 is 2.00 bits per heavy atom. The molecule has 1 aliphatic rings. The molecule has 2 aromatic rings. The molecule has 1 aliphatic heterocycles. The molecular weight excluding hydrogens is 378 g/mol. The number of halogens is 1. The number of thiophene rings is 2. The molecule has 2 amide bonds. The Balaban J connectivity index is 1.46. The normalized spacial score (nSPS) is 16.6. The van der Waals surface area contributed by atoms with E-state index in [2.05, 4.69) is 10.2 Å². The van der Waals surface area contributed by atoms with Gasteiger partial charge in [-0.1, -0.05) is 17.7 Å². The van der Waals surface area contributed by atoms with E-state index in [9.17, 15) is 9.59 Å². The molecule has 134 valence electrons. The van der Waals surface area contributed by atoms with Crippen molar-refractivity contribution >= 4 is 46.1 Å². The van der Waals surface area contributed by atoms with Gasteiger partial charge in [-0.25, -0.2) is 0 Å². The first-order chi connectivity index (χ1) is 12.0. The first kappa shape index (κ1) is 18.4. The minimum absolute atomic E-state index is 0.0243. The van der Waals surface area contributed by atoms with E-state index >= 15 is 0 Å². The van der Waals surface area contributed by atoms with Crippen LogP contribution < -0.4 is 5.32 Å². The molecule has 5 nitrogen and oxygen atoms in total. The van der Waals surface area contributed by atoms with E-state index in [4.69, 9.17) is 11.6 Å². The summed E-state index contributed by atoms with van der Waals surface area (Å²) in [7, 11) is 0. The van der Waals surface area contributed by atoms with E-state index in [1.54, 1.807) is 24.3 Å². The summed E-state index contributed by atoms with van der Waals surface area (Å²) in [5, 5.41) is 4.64. The second-order valence-electron chi connectivity index (χ2n) is 5.98. The largest absolute Gasteiger partial charge is 0.340 e. The van der Waals surface area contributed by atoms with Gasteiger partial charge in [0.15, 0.2) is 0 Å². The zero-order valence-electron chi connectivity index (χ0n) is 13.9. The van der Waals surface area contributed by atoms with Crippen molar-refractivity contribution < 1.29 is 9.59 Å². The van der Waals surface area contributed by atoms with E-state index in [1.165, 1.54) is 16.2 Å². The van der Waals surface area contributed by atoms with Crippen molar-refractivity contribution in [3.63, 3.8) is 0 Å². The molecule has 1 fully saturated rings. The number of hydrogen-bond donors (Lipinski definition) is 1. The Morgan fingerprint density at radius 3 is 2.60 bits per heavy atom. The second-order valence-corrected chi connectivity index (χ2v) is 8.73. The van der Waals surface area contributed by atoms with Crippen molar-refractivity contribution in [2.24, 2.45) is 0 Å². The van der Waals surface area contributed by atoms with Crippen molar-refractivity contribution in [1.29, 1.82) is 0 Å². The molecule has 3 heterocycles. The first-order valence-corrected chi connectivity index (χ1v) is 10.2. The highest BCUT2D eigenvalue weighted by atomic mass is 35.5. The van der Waals surface area contributed by atoms with Crippen LogP contribution in [0, 0.1) is 0 Å². The van der Waals surface area contributed by atoms with Crippen molar-refractivity contribution in [2.75, 3.05) is 26.2 Å². The van der Waals surface area contributed by atoms with Gasteiger partial charge in [0.2, 0.25) is 5.91 Å². The summed E-state index contributed by atoms with van der Waals surface area (Å²) in [4.78, 5) is 30.6. The molecule has 1 unspecified atom stereocenters. The SMILES string of the molecule is CC(NC(=O)c1cccs1)C(=O)N1CCN(Cc2ccc(Cl)s2)CC1. The number of carbonyl (C=O) groups is 2. The number of hydrogen-bond acceptors (Lipinski definition) is 5. The molecule has 0 bridgehead atoms. The van der Waals surface area contributed by atoms with Crippen LogP contribution in [0.4, 0.5) is 0 Å². The average Bonchev–Trinajstić information content (AvgIpc) is 3.27. The smallest absolute Gasteiger partial charge is 0.261 e. The highest BCUT2D eigenvalue weighted by Crippen LogP contribution is 2.23. The predicted octanol–water partition coefficient (Wildman–Crippen LogP) is 2.93. The molecule has 1 atom stereocenters. The lowest BCUT2D eigenvalue weighted by Gasteiger charge is -2.35. The molecule has 8 heteroatoms. The van der Waals surface area contributed by atoms with E-state index in [1.807, 2.05) is 28.5 Å². The van der Waals surface area contributed by atoms with Crippen molar-refractivity contribution in [3.8, 4) is 0 Å². The van der Waals surface area contributed by atoms with Crippen LogP contribution in [0.1, 0.15) is 21.5 Å². The van der Waals surface area contributed by atoms with Gasteiger partial charge in [-0.05, 0) is 30.5 Å². The number of rotatable bonds is 5. The van der Waals surface area contributed by atoms with Crippen LogP contribution in [-0.2, 0) is 11.3 Å². The molecule has 0 saturated carbocycles. The molecule has 0 aliphatic carbocycles. The van der Waals surface area contributed by atoms with Gasteiger partial charge in [-0.3, -0.25) is 14.5 Å². The number of amides is 2. The van der Waals surface area contributed by atoms with Crippen molar-refractivity contribution in [1.82, 2.24) is 15.1 Å². The molecule has 0 aromatic carbocycles. The zero-order valence-corrected chi connectivity index (χ0v) is 16.3. The summed E-state index contributed by atoms with van der Waals surface area (Å²) in [6, 6.07) is 7.03. The summed E-state index contributed by atoms with van der Waals surface area (Å²) in [6.45, 7) is 5.62. The number of nitrogens with one attached hydrogen (secondary N) is 1. The lowest BCUT2D eigenvalue weighted by molar-refractivity contribution is -0.134. The Hall–Kier alpha value is -1.41. The van der Waals surface area contributed by atoms with E-state index < -0.39 is 6.04 Å². The van der Waals surface area contributed by atoms with Crippen LogP contribution in [0.25, 0.3) is 0 Å². The predicted molar refractivity (Wildman–Crippen MR) is 102 cm³/mol. The van der Waals surface area contributed by atoms with Crippen molar-refractivity contribution in [3.05, 3.63) is 43.7 Å². The van der Waals surface area contributed by atoms with E-state index in [0.717, 1.165) is 24.0 Å².